The van der Waals surface area contributed by atoms with Crippen LogP contribution in [0, 0.1) is 0 Å². The minimum atomic E-state index is -0.601. The fourth-order valence-corrected chi connectivity index (χ4v) is 2.93. The largest absolute Gasteiger partial charge is 0.443 e. The van der Waals surface area contributed by atoms with E-state index in [2.05, 4.69) is 25.9 Å². The van der Waals surface area contributed by atoms with Crippen molar-refractivity contribution in [3.63, 3.8) is 0 Å². The number of ether oxygens (including phenoxy) is 1. The van der Waals surface area contributed by atoms with Crippen molar-refractivity contribution in [1.82, 2.24) is 25.0 Å². The summed E-state index contributed by atoms with van der Waals surface area (Å²) in [6.45, 7) is 0.183. The predicted octanol–water partition coefficient (Wildman–Crippen LogP) is 3.25. The van der Waals surface area contributed by atoms with Gasteiger partial charge >= 0.3 is 6.09 Å². The third kappa shape index (κ3) is 3.63. The molecule has 0 atom stereocenters. The summed E-state index contributed by atoms with van der Waals surface area (Å²) in [6, 6.07) is 17.1. The highest BCUT2D eigenvalue weighted by atomic mass is 32.2. The highest BCUT2D eigenvalue weighted by molar-refractivity contribution is 7.98. The van der Waals surface area contributed by atoms with E-state index in [1.54, 1.807) is 4.52 Å². The Morgan fingerprint density at radius 2 is 1.89 bits per heavy atom. The molecule has 4 aromatic rings. The van der Waals surface area contributed by atoms with Gasteiger partial charge in [0.25, 0.3) is 5.78 Å². The molecule has 2 aromatic carbocycles. The first-order valence-corrected chi connectivity index (χ1v) is 9.39. The van der Waals surface area contributed by atoms with Crippen LogP contribution in [0.15, 0.2) is 59.8 Å². The minimum Gasteiger partial charge on any atom is -0.443 e. The summed E-state index contributed by atoms with van der Waals surface area (Å²) in [6.07, 6.45) is 1.30. The molecule has 2 aromatic heterocycles. The zero-order valence-electron chi connectivity index (χ0n) is 14.4. The van der Waals surface area contributed by atoms with Crippen LogP contribution >= 0.6 is 11.8 Å². The number of nitrogens with one attached hydrogen (secondary N) is 2. The molecule has 27 heavy (non-hydrogen) atoms. The Labute approximate surface area is 158 Å². The Morgan fingerprint density at radius 3 is 2.70 bits per heavy atom. The molecular formula is C18H16N6O2S. The molecule has 0 spiro atoms. The monoisotopic (exact) mass is 380 g/mol. The Morgan fingerprint density at radius 1 is 1.11 bits per heavy atom. The fourth-order valence-electron chi connectivity index (χ4n) is 2.59. The molecule has 0 aliphatic rings. The molecular weight excluding hydrogens is 364 g/mol. The second-order valence-electron chi connectivity index (χ2n) is 5.60. The first-order valence-electron chi connectivity index (χ1n) is 8.17. The van der Waals surface area contributed by atoms with Crippen molar-refractivity contribution in [2.45, 2.75) is 11.8 Å². The van der Waals surface area contributed by atoms with Gasteiger partial charge < -0.3 is 4.74 Å². The quantitative estimate of drug-likeness (QED) is 0.405. The number of anilines is 1. The molecule has 0 saturated heterocycles. The number of aromatic nitrogens is 4. The number of amides is 1. The lowest BCUT2D eigenvalue weighted by molar-refractivity contribution is 0.142. The number of hydrazine groups is 1. The Kier molecular flexibility index (Phi) is 4.75. The molecule has 0 fully saturated rings. The van der Waals surface area contributed by atoms with E-state index in [1.807, 2.05) is 60.9 Å². The molecule has 0 radical (unpaired) electrons. The lowest BCUT2D eigenvalue weighted by atomic mass is 10.2. The third-order valence-electron chi connectivity index (χ3n) is 3.85. The second kappa shape index (κ2) is 7.50. The molecule has 0 saturated carbocycles. The van der Waals surface area contributed by atoms with Crippen molar-refractivity contribution in [3.05, 3.63) is 60.2 Å². The number of para-hydroxylation sites is 1. The van der Waals surface area contributed by atoms with E-state index in [4.69, 9.17) is 4.74 Å². The number of hydrogen-bond acceptors (Lipinski definition) is 7. The molecule has 8 nitrogen and oxygen atoms in total. The number of fused-ring (bicyclic) bond motifs is 3. The Bertz CT molecular complexity index is 1100. The molecule has 2 N–H and O–H groups in total. The number of nitrogens with zero attached hydrogens (tertiary/aromatic N) is 4. The van der Waals surface area contributed by atoms with Crippen LogP contribution in [0.5, 0.6) is 0 Å². The zero-order chi connectivity index (χ0) is 18.6. The topological polar surface area (TPSA) is 93.4 Å². The normalized spacial score (nSPS) is 10.9. The van der Waals surface area contributed by atoms with Crippen molar-refractivity contribution < 1.29 is 9.53 Å². The van der Waals surface area contributed by atoms with Crippen molar-refractivity contribution in [3.8, 4) is 0 Å². The molecule has 0 unspecified atom stereocenters. The Balaban J connectivity index is 1.53. The van der Waals surface area contributed by atoms with E-state index in [1.165, 1.54) is 11.8 Å². The molecule has 9 heteroatoms. The first-order chi connectivity index (χ1) is 13.2. The van der Waals surface area contributed by atoms with E-state index in [0.717, 1.165) is 16.5 Å². The van der Waals surface area contributed by atoms with Gasteiger partial charge in [-0.25, -0.2) is 10.2 Å². The van der Waals surface area contributed by atoms with Gasteiger partial charge in [-0.15, -0.1) is 5.10 Å². The summed E-state index contributed by atoms with van der Waals surface area (Å²) >= 11 is 1.44. The van der Waals surface area contributed by atoms with Gasteiger partial charge in [-0.05, 0) is 24.0 Å². The van der Waals surface area contributed by atoms with Gasteiger partial charge in [0.1, 0.15) is 6.61 Å². The maximum Gasteiger partial charge on any atom is 0.426 e. The van der Waals surface area contributed by atoms with Crippen LogP contribution < -0.4 is 10.9 Å². The summed E-state index contributed by atoms with van der Waals surface area (Å²) in [5, 5.41) is 5.85. The predicted molar refractivity (Wildman–Crippen MR) is 103 cm³/mol. The van der Waals surface area contributed by atoms with Crippen LogP contribution in [0.25, 0.3) is 16.7 Å². The average Bonchev–Trinajstić information content (AvgIpc) is 3.15. The van der Waals surface area contributed by atoms with Gasteiger partial charge in [0.05, 0.1) is 5.52 Å². The number of benzene rings is 2. The number of thioether (sulfide) groups is 1. The van der Waals surface area contributed by atoms with Gasteiger partial charge in [-0.1, -0.05) is 54.2 Å². The number of carbonyl (C=O) groups excluding carboxylic acids is 1. The van der Waals surface area contributed by atoms with E-state index in [0.29, 0.717) is 16.8 Å². The maximum atomic E-state index is 12.0. The lowest BCUT2D eigenvalue weighted by Crippen LogP contribution is -2.30. The SMILES string of the molecule is CSc1nc2nc(NNC(=O)OCc3ccccc3)c3ccccc3n2n1. The van der Waals surface area contributed by atoms with Crippen LogP contribution in [-0.2, 0) is 11.3 Å². The minimum absolute atomic E-state index is 0.183. The van der Waals surface area contributed by atoms with E-state index in [9.17, 15) is 4.79 Å². The molecule has 1 amide bonds. The first kappa shape index (κ1) is 17.1. The molecule has 4 rings (SSSR count). The average molecular weight is 380 g/mol. The van der Waals surface area contributed by atoms with Gasteiger partial charge in [0.15, 0.2) is 5.82 Å². The van der Waals surface area contributed by atoms with Crippen LogP contribution in [0.4, 0.5) is 10.6 Å². The summed E-state index contributed by atoms with van der Waals surface area (Å²) in [5.41, 5.74) is 7.07. The number of carbonyl (C=O) groups is 1. The lowest BCUT2D eigenvalue weighted by Gasteiger charge is -2.11. The standard InChI is InChI=1S/C18H16N6O2S/c1-27-17-20-16-19-15(13-9-5-6-10-14(13)24(16)23-17)21-22-18(25)26-11-12-7-3-2-4-8-12/h2-10H,11H2,1H3,(H,22,25)(H,19,20,21,23). The van der Waals surface area contributed by atoms with Crippen molar-refractivity contribution >= 4 is 40.4 Å². The molecule has 0 bridgehead atoms. The fraction of sp³-hybridized carbons (Fsp3) is 0.111. The Hall–Kier alpha value is -3.33. The molecule has 136 valence electrons. The highest BCUT2D eigenvalue weighted by Gasteiger charge is 2.13. The van der Waals surface area contributed by atoms with Crippen LogP contribution in [0.1, 0.15) is 5.56 Å². The van der Waals surface area contributed by atoms with Gasteiger partial charge in [-0.3, -0.25) is 5.43 Å². The smallest absolute Gasteiger partial charge is 0.426 e. The molecule has 0 aliphatic heterocycles. The summed E-state index contributed by atoms with van der Waals surface area (Å²) in [4.78, 5) is 20.8. The zero-order valence-corrected chi connectivity index (χ0v) is 15.2. The van der Waals surface area contributed by atoms with Crippen molar-refractivity contribution in [2.24, 2.45) is 0 Å². The molecule has 2 heterocycles. The number of rotatable bonds is 5. The van der Waals surface area contributed by atoms with Gasteiger partial charge in [0.2, 0.25) is 5.16 Å². The molecule has 0 aliphatic carbocycles. The summed E-state index contributed by atoms with van der Waals surface area (Å²) in [7, 11) is 0. The van der Waals surface area contributed by atoms with E-state index >= 15 is 0 Å². The van der Waals surface area contributed by atoms with Gasteiger partial charge in [0, 0.05) is 5.39 Å². The second-order valence-corrected chi connectivity index (χ2v) is 6.37. The maximum absolute atomic E-state index is 12.0. The summed E-state index contributed by atoms with van der Waals surface area (Å²) < 4.78 is 6.87. The summed E-state index contributed by atoms with van der Waals surface area (Å²) in [5.74, 6) is 0.912. The van der Waals surface area contributed by atoms with Gasteiger partial charge in [-0.2, -0.15) is 14.5 Å². The highest BCUT2D eigenvalue weighted by Crippen LogP contribution is 2.23. The number of hydrogen-bond donors (Lipinski definition) is 2. The van der Waals surface area contributed by atoms with Crippen molar-refractivity contribution in [2.75, 3.05) is 11.7 Å². The van der Waals surface area contributed by atoms with Crippen LogP contribution in [-0.4, -0.2) is 31.9 Å². The van der Waals surface area contributed by atoms with E-state index in [-0.39, 0.29) is 6.61 Å². The van der Waals surface area contributed by atoms with E-state index < -0.39 is 6.09 Å². The van der Waals surface area contributed by atoms with Crippen LogP contribution in [0.2, 0.25) is 0 Å². The third-order valence-corrected chi connectivity index (χ3v) is 4.39. The van der Waals surface area contributed by atoms with Crippen LogP contribution in [0.3, 0.4) is 0 Å². The van der Waals surface area contributed by atoms with Crippen molar-refractivity contribution in [1.29, 1.82) is 0 Å².